The van der Waals surface area contributed by atoms with Gasteiger partial charge in [0.25, 0.3) is 0 Å². The number of rotatable bonds is 5. The summed E-state index contributed by atoms with van der Waals surface area (Å²) >= 11 is 5.26. The van der Waals surface area contributed by atoms with Gasteiger partial charge >= 0.3 is 0 Å². The molecule has 102 valence electrons. The lowest BCUT2D eigenvalue weighted by molar-refractivity contribution is 0.179. The molecule has 2 atom stereocenters. The molecule has 1 aromatic rings. The molecular weight excluding hydrogens is 248 g/mol. The van der Waals surface area contributed by atoms with E-state index >= 15 is 0 Å². The first-order chi connectivity index (χ1) is 8.43. The fourth-order valence-corrected chi connectivity index (χ4v) is 2.29. The van der Waals surface area contributed by atoms with Crippen LogP contribution in [-0.4, -0.2) is 24.9 Å². The van der Waals surface area contributed by atoms with Crippen molar-refractivity contribution in [2.75, 3.05) is 13.7 Å². The van der Waals surface area contributed by atoms with E-state index in [-0.39, 0.29) is 12.1 Å². The fourth-order valence-electron chi connectivity index (χ4n) is 1.91. The van der Waals surface area contributed by atoms with Crippen molar-refractivity contribution in [3.8, 4) is 0 Å². The van der Waals surface area contributed by atoms with E-state index < -0.39 is 0 Å². The van der Waals surface area contributed by atoms with Crippen molar-refractivity contribution in [3.05, 3.63) is 23.2 Å². The van der Waals surface area contributed by atoms with Crippen LogP contribution in [0, 0.1) is 13.8 Å². The Morgan fingerprint density at radius 3 is 2.56 bits per heavy atom. The van der Waals surface area contributed by atoms with Gasteiger partial charge in [-0.15, -0.1) is 0 Å². The number of hydrogen-bond acceptors (Lipinski definition) is 3. The third-order valence-corrected chi connectivity index (χ3v) is 2.92. The second-order valence-electron chi connectivity index (χ2n) is 4.56. The molecule has 0 aromatic carbocycles. The summed E-state index contributed by atoms with van der Waals surface area (Å²) in [5.74, 6) is 1.85. The number of hydrogen-bond donors (Lipinski definition) is 2. The lowest BCUT2D eigenvalue weighted by Gasteiger charge is -2.20. The normalized spacial score (nSPS) is 14.1. The van der Waals surface area contributed by atoms with E-state index in [4.69, 9.17) is 21.4 Å². The highest BCUT2D eigenvalue weighted by Crippen LogP contribution is 2.20. The second kappa shape index (κ2) is 6.75. The molecular formula is C13H22N2O2S. The SMILES string of the molecule is COCC(C)NC(=S)NC(C)c1cc(C)oc1C. The minimum absolute atomic E-state index is 0.122. The van der Waals surface area contributed by atoms with Gasteiger partial charge in [0.15, 0.2) is 5.11 Å². The number of nitrogens with one attached hydrogen (secondary N) is 2. The minimum Gasteiger partial charge on any atom is -0.466 e. The highest BCUT2D eigenvalue weighted by Gasteiger charge is 2.14. The Morgan fingerprint density at radius 1 is 1.39 bits per heavy atom. The number of aryl methyl sites for hydroxylation is 2. The van der Waals surface area contributed by atoms with Crippen LogP contribution < -0.4 is 10.6 Å². The van der Waals surface area contributed by atoms with Crippen LogP contribution in [0.3, 0.4) is 0 Å². The smallest absolute Gasteiger partial charge is 0.167 e. The maximum absolute atomic E-state index is 5.51. The van der Waals surface area contributed by atoms with E-state index in [0.29, 0.717) is 11.7 Å². The predicted molar refractivity (Wildman–Crippen MR) is 76.8 cm³/mol. The topological polar surface area (TPSA) is 46.4 Å². The summed E-state index contributed by atoms with van der Waals surface area (Å²) in [4.78, 5) is 0. The number of thiocarbonyl (C=S) groups is 1. The summed E-state index contributed by atoms with van der Waals surface area (Å²) in [5, 5.41) is 7.05. The summed E-state index contributed by atoms with van der Waals surface area (Å²) in [7, 11) is 1.68. The van der Waals surface area contributed by atoms with Crippen LogP contribution in [-0.2, 0) is 4.74 Å². The lowest BCUT2D eigenvalue weighted by Crippen LogP contribution is -2.43. The Labute approximate surface area is 114 Å². The highest BCUT2D eigenvalue weighted by molar-refractivity contribution is 7.80. The summed E-state index contributed by atoms with van der Waals surface area (Å²) < 4.78 is 10.6. The van der Waals surface area contributed by atoms with Crippen LogP contribution >= 0.6 is 12.2 Å². The molecule has 0 amide bonds. The molecule has 0 saturated carbocycles. The molecule has 0 spiro atoms. The van der Waals surface area contributed by atoms with Gasteiger partial charge in [-0.25, -0.2) is 0 Å². The van der Waals surface area contributed by atoms with Crippen LogP contribution in [0.15, 0.2) is 10.5 Å². The van der Waals surface area contributed by atoms with Gasteiger partial charge in [0.2, 0.25) is 0 Å². The van der Waals surface area contributed by atoms with Gasteiger partial charge in [0.05, 0.1) is 12.6 Å². The molecule has 18 heavy (non-hydrogen) atoms. The van der Waals surface area contributed by atoms with E-state index in [1.807, 2.05) is 26.8 Å². The zero-order valence-corrected chi connectivity index (χ0v) is 12.5. The highest BCUT2D eigenvalue weighted by atomic mass is 32.1. The van der Waals surface area contributed by atoms with Gasteiger partial charge in [0.1, 0.15) is 11.5 Å². The maximum Gasteiger partial charge on any atom is 0.167 e. The lowest BCUT2D eigenvalue weighted by atomic mass is 10.1. The first kappa shape index (κ1) is 15.0. The van der Waals surface area contributed by atoms with Crippen molar-refractivity contribution in [2.24, 2.45) is 0 Å². The van der Waals surface area contributed by atoms with Crippen LogP contribution in [0.25, 0.3) is 0 Å². The molecule has 5 heteroatoms. The Balaban J connectivity index is 2.52. The zero-order valence-electron chi connectivity index (χ0n) is 11.7. The molecule has 2 N–H and O–H groups in total. The van der Waals surface area contributed by atoms with Crippen molar-refractivity contribution in [1.29, 1.82) is 0 Å². The third kappa shape index (κ3) is 4.31. The van der Waals surface area contributed by atoms with Crippen LogP contribution in [0.5, 0.6) is 0 Å². The Bertz CT molecular complexity index is 404. The standard InChI is InChI=1S/C13H22N2O2S/c1-8(7-16-5)14-13(18)15-10(3)12-6-9(2)17-11(12)4/h6,8,10H,7H2,1-5H3,(H2,14,15,18). The number of furan rings is 1. The molecule has 2 unspecified atom stereocenters. The van der Waals surface area contributed by atoms with Crippen LogP contribution in [0.1, 0.15) is 37.0 Å². The molecule has 1 rings (SSSR count). The molecule has 1 aromatic heterocycles. The van der Waals surface area contributed by atoms with Crippen molar-refractivity contribution < 1.29 is 9.15 Å². The van der Waals surface area contributed by atoms with E-state index in [2.05, 4.69) is 17.6 Å². The minimum atomic E-state index is 0.122. The molecule has 0 fully saturated rings. The van der Waals surface area contributed by atoms with E-state index in [0.717, 1.165) is 17.1 Å². The second-order valence-corrected chi connectivity index (χ2v) is 4.97. The summed E-state index contributed by atoms with van der Waals surface area (Å²) in [6.07, 6.45) is 0. The molecule has 0 aliphatic carbocycles. The predicted octanol–water partition coefficient (Wildman–Crippen LogP) is 2.46. The molecule has 0 saturated heterocycles. The van der Waals surface area contributed by atoms with Gasteiger partial charge < -0.3 is 19.8 Å². The third-order valence-electron chi connectivity index (χ3n) is 2.69. The summed E-state index contributed by atoms with van der Waals surface area (Å²) in [6.45, 7) is 8.62. The molecule has 0 radical (unpaired) electrons. The first-order valence-corrected chi connectivity index (χ1v) is 6.47. The van der Waals surface area contributed by atoms with E-state index in [1.165, 1.54) is 0 Å². The van der Waals surface area contributed by atoms with E-state index in [9.17, 15) is 0 Å². The Morgan fingerprint density at radius 2 is 2.06 bits per heavy atom. The fraction of sp³-hybridized carbons (Fsp3) is 0.615. The van der Waals surface area contributed by atoms with Crippen LogP contribution in [0.2, 0.25) is 0 Å². The summed E-state index contributed by atoms with van der Waals surface area (Å²) in [5.41, 5.74) is 1.14. The largest absolute Gasteiger partial charge is 0.466 e. The Kier molecular flexibility index (Phi) is 5.62. The van der Waals surface area contributed by atoms with Crippen molar-refractivity contribution in [2.45, 2.75) is 39.8 Å². The van der Waals surface area contributed by atoms with Gasteiger partial charge in [-0.2, -0.15) is 0 Å². The molecule has 4 nitrogen and oxygen atoms in total. The van der Waals surface area contributed by atoms with Gasteiger partial charge in [-0.1, -0.05) is 0 Å². The average molecular weight is 270 g/mol. The maximum atomic E-state index is 5.51. The molecule has 1 heterocycles. The zero-order chi connectivity index (χ0) is 13.7. The van der Waals surface area contributed by atoms with Gasteiger partial charge in [-0.05, 0) is 46.0 Å². The number of methoxy groups -OCH3 is 1. The van der Waals surface area contributed by atoms with Gasteiger partial charge in [-0.3, -0.25) is 0 Å². The van der Waals surface area contributed by atoms with Crippen molar-refractivity contribution in [3.63, 3.8) is 0 Å². The molecule has 0 bridgehead atoms. The number of ether oxygens (including phenoxy) is 1. The first-order valence-electron chi connectivity index (χ1n) is 6.07. The quantitative estimate of drug-likeness (QED) is 0.805. The molecule has 0 aliphatic rings. The van der Waals surface area contributed by atoms with Crippen molar-refractivity contribution in [1.82, 2.24) is 10.6 Å². The van der Waals surface area contributed by atoms with E-state index in [1.54, 1.807) is 7.11 Å². The Hall–Kier alpha value is -1.07. The summed E-state index contributed by atoms with van der Waals surface area (Å²) in [6, 6.07) is 2.35. The van der Waals surface area contributed by atoms with Gasteiger partial charge in [0, 0.05) is 18.7 Å². The van der Waals surface area contributed by atoms with Crippen LogP contribution in [0.4, 0.5) is 0 Å². The van der Waals surface area contributed by atoms with Crippen molar-refractivity contribution >= 4 is 17.3 Å². The monoisotopic (exact) mass is 270 g/mol. The average Bonchev–Trinajstić information content (AvgIpc) is 2.57. The molecule has 0 aliphatic heterocycles.